The van der Waals surface area contributed by atoms with E-state index in [1.165, 1.54) is 11.3 Å². The van der Waals surface area contributed by atoms with Crippen molar-refractivity contribution in [2.45, 2.75) is 60.1 Å². The molecule has 0 spiro atoms. The van der Waals surface area contributed by atoms with Crippen LogP contribution in [0.25, 0.3) is 0 Å². The molecule has 0 amide bonds. The van der Waals surface area contributed by atoms with Crippen molar-refractivity contribution in [2.75, 3.05) is 19.7 Å². The van der Waals surface area contributed by atoms with Crippen LogP contribution >= 0.6 is 35.3 Å². The number of hydrogen-bond acceptors (Lipinski definition) is 4. The summed E-state index contributed by atoms with van der Waals surface area (Å²) in [7, 11) is 0. The quantitative estimate of drug-likeness (QED) is 0.381. The van der Waals surface area contributed by atoms with Crippen molar-refractivity contribution in [3.8, 4) is 0 Å². The average molecular weight is 480 g/mol. The van der Waals surface area contributed by atoms with Crippen molar-refractivity contribution in [1.29, 1.82) is 0 Å². The molecule has 2 unspecified atom stereocenters. The van der Waals surface area contributed by atoms with E-state index in [0.29, 0.717) is 18.6 Å². The van der Waals surface area contributed by atoms with E-state index in [1.54, 1.807) is 11.3 Å². The van der Waals surface area contributed by atoms with Crippen molar-refractivity contribution in [3.63, 3.8) is 0 Å². The van der Waals surface area contributed by atoms with Gasteiger partial charge in [0.25, 0.3) is 0 Å². The summed E-state index contributed by atoms with van der Waals surface area (Å²) >= 11 is 1.70. The maximum atomic E-state index is 6.07. The number of hydrogen-bond donors (Lipinski definition) is 2. The summed E-state index contributed by atoms with van der Waals surface area (Å²) in [5.74, 6) is 1.38. The van der Waals surface area contributed by atoms with Crippen molar-refractivity contribution in [1.82, 2.24) is 15.6 Å². The van der Waals surface area contributed by atoms with Crippen LogP contribution in [0.5, 0.6) is 0 Å². The summed E-state index contributed by atoms with van der Waals surface area (Å²) in [4.78, 5) is 10.3. The van der Waals surface area contributed by atoms with E-state index >= 15 is 0 Å². The van der Waals surface area contributed by atoms with Gasteiger partial charge in [-0.25, -0.2) is 9.98 Å². The molecule has 2 N–H and O–H groups in total. The number of thiazole rings is 1. The Balaban J connectivity index is 0.00000312. The van der Waals surface area contributed by atoms with Crippen LogP contribution < -0.4 is 10.6 Å². The number of ether oxygens (including phenoxy) is 1. The Kier molecular flexibility index (Phi) is 9.66. The van der Waals surface area contributed by atoms with E-state index in [4.69, 9.17) is 4.74 Å². The van der Waals surface area contributed by atoms with Crippen LogP contribution in [-0.4, -0.2) is 36.7 Å². The molecule has 1 saturated heterocycles. The standard InChI is InChI=1S/C18H32N4OS.HI/c1-6-19-17(22-12-15-20-10-13(2)24-15)21-11-14-8-7-9-23-16(14)18(3,4)5;/h10,14,16H,6-9,11-12H2,1-5H3,(H2,19,21,22);1H. The number of guanidine groups is 1. The molecular formula is C18H33IN4OS. The Labute approximate surface area is 173 Å². The monoisotopic (exact) mass is 480 g/mol. The highest BCUT2D eigenvalue weighted by atomic mass is 127. The van der Waals surface area contributed by atoms with Crippen LogP contribution in [0.2, 0.25) is 0 Å². The van der Waals surface area contributed by atoms with Crippen LogP contribution in [0.15, 0.2) is 11.2 Å². The van der Waals surface area contributed by atoms with Gasteiger partial charge in [0.15, 0.2) is 5.96 Å². The summed E-state index contributed by atoms with van der Waals surface area (Å²) < 4.78 is 6.07. The Bertz CT molecular complexity index is 541. The molecule has 5 nitrogen and oxygen atoms in total. The Morgan fingerprint density at radius 3 is 2.76 bits per heavy atom. The van der Waals surface area contributed by atoms with Gasteiger partial charge < -0.3 is 15.4 Å². The maximum absolute atomic E-state index is 6.07. The first-order valence-corrected chi connectivity index (χ1v) is 9.77. The third-order valence-corrected chi connectivity index (χ3v) is 5.11. The number of aryl methyl sites for hydroxylation is 1. The Hall–Kier alpha value is -0.410. The molecule has 1 aromatic rings. The van der Waals surface area contributed by atoms with Gasteiger partial charge in [0.1, 0.15) is 5.01 Å². The van der Waals surface area contributed by atoms with Gasteiger partial charge >= 0.3 is 0 Å². The predicted molar refractivity (Wildman–Crippen MR) is 117 cm³/mol. The van der Waals surface area contributed by atoms with Gasteiger partial charge in [-0.2, -0.15) is 0 Å². The number of rotatable bonds is 5. The summed E-state index contributed by atoms with van der Waals surface area (Å²) in [6, 6.07) is 0. The molecule has 0 bridgehead atoms. The molecule has 2 rings (SSSR count). The highest BCUT2D eigenvalue weighted by Crippen LogP contribution is 2.33. The zero-order chi connectivity index (χ0) is 17.6. The smallest absolute Gasteiger partial charge is 0.191 e. The summed E-state index contributed by atoms with van der Waals surface area (Å²) in [5.41, 5.74) is 0.167. The minimum absolute atomic E-state index is 0. The molecule has 0 saturated carbocycles. The molecule has 1 fully saturated rings. The third kappa shape index (κ3) is 7.38. The Morgan fingerprint density at radius 1 is 1.40 bits per heavy atom. The number of aliphatic imine (C=N–C) groups is 1. The number of halogens is 1. The van der Waals surface area contributed by atoms with Crippen molar-refractivity contribution >= 4 is 41.3 Å². The van der Waals surface area contributed by atoms with Crippen molar-refractivity contribution < 1.29 is 4.74 Å². The maximum Gasteiger partial charge on any atom is 0.191 e. The molecule has 2 heterocycles. The molecule has 25 heavy (non-hydrogen) atoms. The van der Waals surface area contributed by atoms with Crippen molar-refractivity contribution in [2.24, 2.45) is 16.3 Å². The fraction of sp³-hybridized carbons (Fsp3) is 0.778. The molecule has 1 aliphatic rings. The molecular weight excluding hydrogens is 447 g/mol. The molecule has 0 aromatic carbocycles. The largest absolute Gasteiger partial charge is 0.377 e. The zero-order valence-electron chi connectivity index (χ0n) is 16.1. The van der Waals surface area contributed by atoms with Gasteiger partial charge in [-0.3, -0.25) is 0 Å². The third-order valence-electron chi connectivity index (χ3n) is 4.22. The molecule has 1 aliphatic heterocycles. The highest BCUT2D eigenvalue weighted by molar-refractivity contribution is 14.0. The van der Waals surface area contributed by atoms with Gasteiger partial charge in [-0.1, -0.05) is 20.8 Å². The van der Waals surface area contributed by atoms with Crippen LogP contribution in [0, 0.1) is 18.3 Å². The second-order valence-corrected chi connectivity index (χ2v) is 8.82. The molecule has 0 aliphatic carbocycles. The average Bonchev–Trinajstić information content (AvgIpc) is 2.95. The first-order chi connectivity index (χ1) is 11.4. The number of nitrogens with zero attached hydrogens (tertiary/aromatic N) is 2. The lowest BCUT2D eigenvalue weighted by molar-refractivity contribution is -0.0835. The van der Waals surface area contributed by atoms with Gasteiger partial charge in [-0.15, -0.1) is 35.3 Å². The second-order valence-electron chi connectivity index (χ2n) is 7.50. The van der Waals surface area contributed by atoms with E-state index in [-0.39, 0.29) is 29.4 Å². The van der Waals surface area contributed by atoms with E-state index in [2.05, 4.69) is 55.2 Å². The molecule has 0 radical (unpaired) electrons. The number of nitrogens with one attached hydrogen (secondary N) is 2. The molecule has 7 heteroatoms. The van der Waals surface area contributed by atoms with E-state index in [9.17, 15) is 0 Å². The lowest BCUT2D eigenvalue weighted by Crippen LogP contribution is -2.47. The first-order valence-electron chi connectivity index (χ1n) is 8.95. The SMILES string of the molecule is CCNC(=NCc1ncc(C)s1)NCC1CCCOC1C(C)(C)C.I. The predicted octanol–water partition coefficient (Wildman–Crippen LogP) is 3.97. The van der Waals surface area contributed by atoms with Gasteiger partial charge in [0.2, 0.25) is 0 Å². The lowest BCUT2D eigenvalue weighted by atomic mass is 9.78. The van der Waals surface area contributed by atoms with Crippen molar-refractivity contribution in [3.05, 3.63) is 16.1 Å². The van der Waals surface area contributed by atoms with E-state index in [0.717, 1.165) is 37.1 Å². The van der Waals surface area contributed by atoms with Gasteiger partial charge in [0, 0.05) is 36.7 Å². The first kappa shape index (κ1) is 22.6. The topological polar surface area (TPSA) is 58.5 Å². The van der Waals surface area contributed by atoms with Gasteiger partial charge in [0.05, 0.1) is 12.6 Å². The summed E-state index contributed by atoms with van der Waals surface area (Å²) in [6.45, 7) is 14.2. The van der Waals surface area contributed by atoms with Gasteiger partial charge in [-0.05, 0) is 32.1 Å². The molecule has 1 aromatic heterocycles. The fourth-order valence-electron chi connectivity index (χ4n) is 3.20. The normalized spacial score (nSPS) is 21.6. The highest BCUT2D eigenvalue weighted by Gasteiger charge is 2.35. The lowest BCUT2D eigenvalue weighted by Gasteiger charge is -2.40. The van der Waals surface area contributed by atoms with Crippen LogP contribution in [0.1, 0.15) is 50.4 Å². The van der Waals surface area contributed by atoms with Crippen LogP contribution in [0.4, 0.5) is 0 Å². The Morgan fingerprint density at radius 2 is 2.16 bits per heavy atom. The zero-order valence-corrected chi connectivity index (χ0v) is 19.2. The minimum Gasteiger partial charge on any atom is -0.377 e. The summed E-state index contributed by atoms with van der Waals surface area (Å²) in [6.07, 6.45) is 4.55. The minimum atomic E-state index is 0. The van der Waals surface area contributed by atoms with E-state index < -0.39 is 0 Å². The fourth-order valence-corrected chi connectivity index (χ4v) is 3.91. The second kappa shape index (κ2) is 10.7. The molecule has 144 valence electrons. The van der Waals surface area contributed by atoms with E-state index in [1.807, 2.05) is 6.20 Å². The van der Waals surface area contributed by atoms with Crippen LogP contribution in [-0.2, 0) is 11.3 Å². The molecule has 2 atom stereocenters. The summed E-state index contributed by atoms with van der Waals surface area (Å²) in [5, 5.41) is 7.89. The van der Waals surface area contributed by atoms with Crippen LogP contribution in [0.3, 0.4) is 0 Å². The number of aromatic nitrogens is 1.